The molecule has 3 N–H and O–H groups in total. The molecular formula is C28H26N4O3. The van der Waals surface area contributed by atoms with Crippen LogP contribution in [0.4, 0.5) is 5.69 Å². The number of methoxy groups -OCH3 is 1. The van der Waals surface area contributed by atoms with Crippen LogP contribution in [0.25, 0.3) is 16.9 Å². The second-order valence-electron chi connectivity index (χ2n) is 7.75. The molecule has 1 amide bonds. The Bertz CT molecular complexity index is 1430. The molecule has 35 heavy (non-hydrogen) atoms. The maximum atomic E-state index is 13.1. The molecule has 176 valence electrons. The van der Waals surface area contributed by atoms with E-state index in [1.165, 1.54) is 6.20 Å². The fourth-order valence-corrected chi connectivity index (χ4v) is 3.52. The molecule has 0 fully saturated rings. The van der Waals surface area contributed by atoms with E-state index in [1.807, 2.05) is 60.1 Å². The molecule has 0 aliphatic heterocycles. The van der Waals surface area contributed by atoms with Crippen molar-refractivity contribution in [3.8, 4) is 22.8 Å². The SMILES string of the molecule is C=C(/C=C\C=C/N)Oc1cc(OC)ccc1C(=O)Nc1ccc(-c2cn3cccc(C)c3n2)cc1. The van der Waals surface area contributed by atoms with E-state index in [0.29, 0.717) is 28.5 Å². The number of fused-ring (bicyclic) bond motifs is 1. The Balaban J connectivity index is 1.53. The Morgan fingerprint density at radius 3 is 2.66 bits per heavy atom. The van der Waals surface area contributed by atoms with Gasteiger partial charge in [-0.25, -0.2) is 4.98 Å². The number of benzene rings is 2. The van der Waals surface area contributed by atoms with Crippen molar-refractivity contribution in [1.29, 1.82) is 0 Å². The minimum atomic E-state index is -0.322. The third-order valence-corrected chi connectivity index (χ3v) is 5.30. The molecule has 2 heterocycles. The Morgan fingerprint density at radius 1 is 1.14 bits per heavy atom. The third kappa shape index (κ3) is 5.42. The quantitative estimate of drug-likeness (QED) is 0.265. The van der Waals surface area contributed by atoms with Crippen molar-refractivity contribution in [3.05, 3.63) is 115 Å². The van der Waals surface area contributed by atoms with Crippen molar-refractivity contribution in [2.75, 3.05) is 12.4 Å². The lowest BCUT2D eigenvalue weighted by Crippen LogP contribution is -2.13. The van der Waals surface area contributed by atoms with Crippen molar-refractivity contribution in [3.63, 3.8) is 0 Å². The average Bonchev–Trinajstić information content (AvgIpc) is 3.30. The van der Waals surface area contributed by atoms with Gasteiger partial charge in [0.15, 0.2) is 0 Å². The first-order valence-electron chi connectivity index (χ1n) is 10.9. The van der Waals surface area contributed by atoms with E-state index < -0.39 is 0 Å². The zero-order valence-corrected chi connectivity index (χ0v) is 19.6. The van der Waals surface area contributed by atoms with E-state index in [9.17, 15) is 4.79 Å². The number of carbonyl (C=O) groups is 1. The largest absolute Gasteiger partial charge is 0.497 e. The first kappa shape index (κ1) is 23.4. The fourth-order valence-electron chi connectivity index (χ4n) is 3.52. The third-order valence-electron chi connectivity index (χ3n) is 5.30. The van der Waals surface area contributed by atoms with Gasteiger partial charge in [-0.05, 0) is 61.2 Å². The molecule has 0 saturated heterocycles. The van der Waals surface area contributed by atoms with Crippen molar-refractivity contribution in [2.24, 2.45) is 5.73 Å². The Hall–Kier alpha value is -4.78. The number of imidazole rings is 1. The Kier molecular flexibility index (Phi) is 6.97. The van der Waals surface area contributed by atoms with Crippen LogP contribution in [0.1, 0.15) is 15.9 Å². The highest BCUT2D eigenvalue weighted by atomic mass is 16.5. The van der Waals surface area contributed by atoms with Crippen LogP contribution in [-0.4, -0.2) is 22.4 Å². The number of rotatable bonds is 8. The molecule has 2 aromatic carbocycles. The van der Waals surface area contributed by atoms with E-state index in [-0.39, 0.29) is 5.91 Å². The molecule has 0 aliphatic rings. The highest BCUT2D eigenvalue weighted by molar-refractivity contribution is 6.06. The predicted molar refractivity (Wildman–Crippen MR) is 139 cm³/mol. The minimum absolute atomic E-state index is 0.322. The number of hydrogen-bond donors (Lipinski definition) is 2. The molecule has 0 spiro atoms. The molecule has 0 bridgehead atoms. The van der Waals surface area contributed by atoms with Crippen LogP contribution in [0.3, 0.4) is 0 Å². The van der Waals surface area contributed by atoms with Crippen LogP contribution in [-0.2, 0) is 0 Å². The minimum Gasteiger partial charge on any atom is -0.497 e. The van der Waals surface area contributed by atoms with Gasteiger partial charge in [0.1, 0.15) is 22.9 Å². The summed E-state index contributed by atoms with van der Waals surface area (Å²) in [7, 11) is 1.55. The number of anilines is 1. The van der Waals surface area contributed by atoms with Gasteiger partial charge in [0.2, 0.25) is 0 Å². The van der Waals surface area contributed by atoms with Crippen LogP contribution in [0.2, 0.25) is 0 Å². The molecule has 7 heteroatoms. The van der Waals surface area contributed by atoms with Gasteiger partial charge >= 0.3 is 0 Å². The van der Waals surface area contributed by atoms with Gasteiger partial charge in [-0.2, -0.15) is 0 Å². The number of ether oxygens (including phenoxy) is 2. The number of nitrogens with zero attached hydrogens (tertiary/aromatic N) is 2. The zero-order valence-electron chi connectivity index (χ0n) is 19.6. The monoisotopic (exact) mass is 466 g/mol. The molecule has 0 aliphatic carbocycles. The molecule has 0 saturated carbocycles. The van der Waals surface area contributed by atoms with Crippen molar-refractivity contribution in [2.45, 2.75) is 6.92 Å². The highest BCUT2D eigenvalue weighted by Gasteiger charge is 2.15. The zero-order chi connectivity index (χ0) is 24.8. The normalized spacial score (nSPS) is 11.3. The highest BCUT2D eigenvalue weighted by Crippen LogP contribution is 2.28. The summed E-state index contributed by atoms with van der Waals surface area (Å²) in [5, 5.41) is 2.92. The predicted octanol–water partition coefficient (Wildman–Crippen LogP) is 5.49. The van der Waals surface area contributed by atoms with E-state index in [4.69, 9.17) is 20.2 Å². The van der Waals surface area contributed by atoms with Crippen molar-refractivity contribution in [1.82, 2.24) is 9.38 Å². The molecule has 0 atom stereocenters. The maximum Gasteiger partial charge on any atom is 0.259 e. The van der Waals surface area contributed by atoms with E-state index in [1.54, 1.807) is 43.5 Å². The van der Waals surface area contributed by atoms with Gasteiger partial charge in [0, 0.05) is 29.7 Å². The van der Waals surface area contributed by atoms with Crippen LogP contribution in [0, 0.1) is 6.92 Å². The second kappa shape index (κ2) is 10.4. The first-order valence-corrected chi connectivity index (χ1v) is 10.9. The molecule has 7 nitrogen and oxygen atoms in total. The summed E-state index contributed by atoms with van der Waals surface area (Å²) in [6.45, 7) is 5.89. The van der Waals surface area contributed by atoms with Gasteiger partial charge in [-0.1, -0.05) is 30.9 Å². The van der Waals surface area contributed by atoms with Crippen molar-refractivity contribution < 1.29 is 14.3 Å². The van der Waals surface area contributed by atoms with Gasteiger partial charge in [0.25, 0.3) is 5.91 Å². The summed E-state index contributed by atoms with van der Waals surface area (Å²) in [4.78, 5) is 17.8. The molecule has 4 aromatic rings. The number of aryl methyl sites for hydroxylation is 1. The molecule has 4 rings (SSSR count). The first-order chi connectivity index (χ1) is 17.0. The number of pyridine rings is 1. The summed E-state index contributed by atoms with van der Waals surface area (Å²) < 4.78 is 13.1. The number of nitrogens with one attached hydrogen (secondary N) is 1. The molecule has 2 aromatic heterocycles. The summed E-state index contributed by atoms with van der Waals surface area (Å²) >= 11 is 0. The lowest BCUT2D eigenvalue weighted by atomic mass is 10.1. The molecule has 0 radical (unpaired) electrons. The summed E-state index contributed by atoms with van der Waals surface area (Å²) in [6, 6.07) is 16.5. The topological polar surface area (TPSA) is 90.9 Å². The molecule has 0 unspecified atom stereocenters. The number of nitrogens with two attached hydrogens (primary N) is 1. The smallest absolute Gasteiger partial charge is 0.259 e. The summed E-state index contributed by atoms with van der Waals surface area (Å²) in [6.07, 6.45) is 10.3. The van der Waals surface area contributed by atoms with Crippen molar-refractivity contribution >= 4 is 17.2 Å². The standard InChI is InChI=1S/C28H26N4O3/c1-19-7-6-16-32-18-25(31-27(19)32)21-9-11-22(12-10-21)30-28(33)24-14-13-23(34-3)17-26(24)35-20(2)8-4-5-15-29/h4-18H,2,29H2,1,3H3,(H,30,33)/b8-4-,15-5-. The van der Waals surface area contributed by atoms with Crippen LogP contribution < -0.4 is 20.5 Å². The lowest BCUT2D eigenvalue weighted by Gasteiger charge is -2.13. The van der Waals surface area contributed by atoms with Gasteiger partial charge in [0.05, 0.1) is 18.4 Å². The van der Waals surface area contributed by atoms with Gasteiger partial charge in [-0.3, -0.25) is 4.79 Å². The van der Waals surface area contributed by atoms with Gasteiger partial charge in [-0.15, -0.1) is 0 Å². The van der Waals surface area contributed by atoms with E-state index >= 15 is 0 Å². The Labute approximate surface area is 203 Å². The number of carbonyl (C=O) groups excluding carboxylic acids is 1. The van der Waals surface area contributed by atoms with E-state index in [2.05, 4.69) is 11.9 Å². The number of aromatic nitrogens is 2. The molecular weight excluding hydrogens is 440 g/mol. The summed E-state index contributed by atoms with van der Waals surface area (Å²) in [5.74, 6) is 0.905. The average molecular weight is 467 g/mol. The van der Waals surface area contributed by atoms with Crippen LogP contribution >= 0.6 is 0 Å². The Morgan fingerprint density at radius 2 is 1.94 bits per heavy atom. The van der Waals surface area contributed by atoms with Crippen LogP contribution in [0.15, 0.2) is 104 Å². The van der Waals surface area contributed by atoms with Gasteiger partial charge < -0.3 is 24.9 Å². The number of allylic oxidation sites excluding steroid dienone is 3. The maximum absolute atomic E-state index is 13.1. The van der Waals surface area contributed by atoms with E-state index in [0.717, 1.165) is 22.5 Å². The summed E-state index contributed by atoms with van der Waals surface area (Å²) in [5.41, 5.74) is 10.2. The number of amides is 1. The lowest BCUT2D eigenvalue weighted by molar-refractivity contribution is 0.102. The fraction of sp³-hybridized carbons (Fsp3) is 0.0714. The van der Waals surface area contributed by atoms with Crippen LogP contribution in [0.5, 0.6) is 11.5 Å². The number of hydrogen-bond acceptors (Lipinski definition) is 5. The second-order valence-corrected chi connectivity index (χ2v) is 7.75.